The Kier molecular flexibility index (Phi) is 3.39. The van der Waals surface area contributed by atoms with E-state index >= 15 is 0 Å². The Bertz CT molecular complexity index is 361. The summed E-state index contributed by atoms with van der Waals surface area (Å²) in [5, 5.41) is 3.41. The molecule has 3 N–H and O–H groups in total. The Morgan fingerprint density at radius 2 is 1.60 bits per heavy atom. The van der Waals surface area contributed by atoms with Gasteiger partial charge < -0.3 is 11.1 Å². The van der Waals surface area contributed by atoms with Gasteiger partial charge in [-0.1, -0.05) is 20.8 Å². The van der Waals surface area contributed by atoms with E-state index in [1.807, 2.05) is 0 Å². The van der Waals surface area contributed by atoms with Gasteiger partial charge in [0.05, 0.1) is 0 Å². The molecule has 3 nitrogen and oxygen atoms in total. The quantitative estimate of drug-likeness (QED) is 0.834. The molecule has 4 saturated carbocycles. The van der Waals surface area contributed by atoms with Gasteiger partial charge in [0.15, 0.2) is 0 Å². The smallest absolute Gasteiger partial charge is 0.222 e. The largest absolute Gasteiger partial charge is 0.351 e. The molecule has 0 aliphatic heterocycles. The van der Waals surface area contributed by atoms with Gasteiger partial charge in [0.25, 0.3) is 0 Å². The summed E-state index contributed by atoms with van der Waals surface area (Å²) in [5.41, 5.74) is 6.29. The van der Waals surface area contributed by atoms with Crippen LogP contribution in [-0.2, 0) is 4.79 Å². The number of nitrogens with one attached hydrogen (secondary N) is 1. The van der Waals surface area contributed by atoms with E-state index in [-0.39, 0.29) is 22.9 Å². The fraction of sp³-hybridized carbons (Fsp3) is 0.941. The van der Waals surface area contributed by atoms with Crippen LogP contribution in [0, 0.1) is 23.2 Å². The molecule has 4 aliphatic carbocycles. The van der Waals surface area contributed by atoms with Crippen LogP contribution in [0.2, 0.25) is 0 Å². The molecule has 1 amide bonds. The fourth-order valence-corrected chi connectivity index (χ4v) is 5.12. The van der Waals surface area contributed by atoms with Crippen LogP contribution in [0.15, 0.2) is 0 Å². The van der Waals surface area contributed by atoms with Crippen LogP contribution >= 0.6 is 0 Å². The van der Waals surface area contributed by atoms with E-state index < -0.39 is 0 Å². The normalized spacial score (nSPS) is 40.7. The molecular weight excluding hydrogens is 248 g/mol. The lowest BCUT2D eigenvalue weighted by atomic mass is 9.53. The van der Waals surface area contributed by atoms with Crippen molar-refractivity contribution in [1.29, 1.82) is 0 Å². The number of nitrogens with two attached hydrogens (primary N) is 1. The molecule has 20 heavy (non-hydrogen) atoms. The second-order valence-electron chi connectivity index (χ2n) is 8.92. The number of rotatable bonds is 3. The highest BCUT2D eigenvalue weighted by Gasteiger charge is 2.51. The predicted molar refractivity (Wildman–Crippen MR) is 81.1 cm³/mol. The van der Waals surface area contributed by atoms with Gasteiger partial charge in [0, 0.05) is 18.0 Å². The van der Waals surface area contributed by atoms with Crippen molar-refractivity contribution in [3.05, 3.63) is 0 Å². The van der Waals surface area contributed by atoms with Crippen molar-refractivity contribution >= 4 is 5.91 Å². The third-order valence-corrected chi connectivity index (χ3v) is 5.96. The highest BCUT2D eigenvalue weighted by Crippen LogP contribution is 2.55. The Morgan fingerprint density at radius 3 is 2.00 bits per heavy atom. The second-order valence-corrected chi connectivity index (χ2v) is 8.92. The van der Waals surface area contributed by atoms with E-state index in [4.69, 9.17) is 5.73 Å². The first-order valence-electron chi connectivity index (χ1n) is 8.32. The van der Waals surface area contributed by atoms with Gasteiger partial charge in [-0.3, -0.25) is 4.79 Å². The van der Waals surface area contributed by atoms with E-state index in [1.54, 1.807) is 0 Å². The molecule has 4 aliphatic rings. The summed E-state index contributed by atoms with van der Waals surface area (Å²) in [6.45, 7) is 6.32. The average Bonchev–Trinajstić information content (AvgIpc) is 2.23. The maximum atomic E-state index is 12.4. The Hall–Kier alpha value is -0.570. The standard InChI is InChI=1S/C17H30N2O/c1-16(2,3)14(18)7-15(20)19-17-8-11-4-12(9-17)6-13(5-11)10-17/h11-14H,4-10,18H2,1-3H3,(H,19,20). The van der Waals surface area contributed by atoms with Crippen molar-refractivity contribution in [2.75, 3.05) is 0 Å². The summed E-state index contributed by atoms with van der Waals surface area (Å²) < 4.78 is 0. The molecule has 0 aromatic heterocycles. The average molecular weight is 278 g/mol. The van der Waals surface area contributed by atoms with Crippen LogP contribution in [0.4, 0.5) is 0 Å². The van der Waals surface area contributed by atoms with E-state index in [0.717, 1.165) is 17.8 Å². The van der Waals surface area contributed by atoms with Gasteiger partial charge in [-0.15, -0.1) is 0 Å². The summed E-state index contributed by atoms with van der Waals surface area (Å²) in [6.07, 6.45) is 8.36. The molecule has 4 fully saturated rings. The predicted octanol–water partition coefficient (Wildman–Crippen LogP) is 2.83. The first-order valence-corrected chi connectivity index (χ1v) is 8.32. The van der Waals surface area contributed by atoms with Crippen LogP contribution < -0.4 is 11.1 Å². The fourth-order valence-electron chi connectivity index (χ4n) is 5.12. The molecule has 0 saturated heterocycles. The lowest BCUT2D eigenvalue weighted by Gasteiger charge is -2.57. The summed E-state index contributed by atoms with van der Waals surface area (Å²) in [4.78, 5) is 12.4. The zero-order valence-corrected chi connectivity index (χ0v) is 13.2. The van der Waals surface area contributed by atoms with Crippen molar-refractivity contribution in [2.45, 2.75) is 77.3 Å². The van der Waals surface area contributed by atoms with Gasteiger partial charge in [-0.25, -0.2) is 0 Å². The van der Waals surface area contributed by atoms with E-state index in [0.29, 0.717) is 6.42 Å². The lowest BCUT2D eigenvalue weighted by Crippen LogP contribution is -2.60. The minimum absolute atomic E-state index is 0.00118. The van der Waals surface area contributed by atoms with Gasteiger partial charge in [-0.2, -0.15) is 0 Å². The van der Waals surface area contributed by atoms with Gasteiger partial charge >= 0.3 is 0 Å². The molecule has 3 heteroatoms. The van der Waals surface area contributed by atoms with Crippen molar-refractivity contribution < 1.29 is 4.79 Å². The molecule has 0 heterocycles. The molecule has 4 bridgehead atoms. The molecule has 1 unspecified atom stereocenters. The Labute approximate surface area is 123 Å². The monoisotopic (exact) mass is 278 g/mol. The first kappa shape index (κ1) is 14.4. The van der Waals surface area contributed by atoms with E-state index in [1.165, 1.54) is 38.5 Å². The SMILES string of the molecule is CC(C)(C)C(N)CC(=O)NC12CC3CC(CC(C3)C1)C2. The summed E-state index contributed by atoms with van der Waals surface area (Å²) >= 11 is 0. The minimum Gasteiger partial charge on any atom is -0.351 e. The maximum Gasteiger partial charge on any atom is 0.222 e. The van der Waals surface area contributed by atoms with Gasteiger partial charge in [-0.05, 0) is 61.7 Å². The lowest BCUT2D eigenvalue weighted by molar-refractivity contribution is -0.127. The number of hydrogen-bond donors (Lipinski definition) is 2. The Balaban J connectivity index is 1.61. The first-order chi connectivity index (χ1) is 9.26. The molecular formula is C17H30N2O. The van der Waals surface area contributed by atoms with E-state index in [2.05, 4.69) is 26.1 Å². The maximum absolute atomic E-state index is 12.4. The Morgan fingerprint density at radius 1 is 1.15 bits per heavy atom. The van der Waals surface area contributed by atoms with Gasteiger partial charge in [0.1, 0.15) is 0 Å². The zero-order chi connectivity index (χ0) is 14.5. The second kappa shape index (κ2) is 4.72. The van der Waals surface area contributed by atoms with Crippen LogP contribution in [0.1, 0.15) is 65.7 Å². The molecule has 0 aromatic rings. The molecule has 4 rings (SSSR count). The summed E-state index contributed by atoms with van der Waals surface area (Å²) in [7, 11) is 0. The highest BCUT2D eigenvalue weighted by molar-refractivity contribution is 5.77. The van der Waals surface area contributed by atoms with Crippen LogP contribution in [-0.4, -0.2) is 17.5 Å². The third kappa shape index (κ3) is 2.74. The third-order valence-electron chi connectivity index (χ3n) is 5.96. The molecule has 0 spiro atoms. The highest BCUT2D eigenvalue weighted by atomic mass is 16.1. The van der Waals surface area contributed by atoms with Crippen molar-refractivity contribution in [1.82, 2.24) is 5.32 Å². The number of amides is 1. The van der Waals surface area contributed by atoms with Crippen molar-refractivity contribution in [2.24, 2.45) is 28.9 Å². The summed E-state index contributed by atoms with van der Waals surface area (Å²) in [6, 6.07) is -0.0589. The number of carbonyl (C=O) groups excluding carboxylic acids is 1. The zero-order valence-electron chi connectivity index (χ0n) is 13.2. The van der Waals surface area contributed by atoms with Crippen LogP contribution in [0.3, 0.4) is 0 Å². The number of carbonyl (C=O) groups is 1. The molecule has 1 atom stereocenters. The topological polar surface area (TPSA) is 55.1 Å². The molecule has 0 aromatic carbocycles. The summed E-state index contributed by atoms with van der Waals surface area (Å²) in [5.74, 6) is 2.79. The van der Waals surface area contributed by atoms with Crippen molar-refractivity contribution in [3.8, 4) is 0 Å². The van der Waals surface area contributed by atoms with Gasteiger partial charge in [0.2, 0.25) is 5.91 Å². The van der Waals surface area contributed by atoms with Crippen molar-refractivity contribution in [3.63, 3.8) is 0 Å². The van der Waals surface area contributed by atoms with Crippen LogP contribution in [0.5, 0.6) is 0 Å². The van der Waals surface area contributed by atoms with Crippen LogP contribution in [0.25, 0.3) is 0 Å². The molecule has 114 valence electrons. The molecule has 0 radical (unpaired) electrons. The number of hydrogen-bond acceptors (Lipinski definition) is 2. The minimum atomic E-state index is -0.0589. The van der Waals surface area contributed by atoms with E-state index in [9.17, 15) is 4.79 Å².